The average molecular weight is 296 g/mol. The first-order valence-electron chi connectivity index (χ1n) is 8.01. The van der Waals surface area contributed by atoms with Gasteiger partial charge in [-0.05, 0) is 38.0 Å². The number of hydrogen-bond acceptors (Lipinski definition) is 3. The first kappa shape index (κ1) is 15.6. The number of aromatic nitrogens is 2. The van der Waals surface area contributed by atoms with Crippen molar-refractivity contribution in [3.8, 4) is 0 Å². The maximum atomic E-state index is 6.08. The van der Waals surface area contributed by atoms with Crippen LogP contribution in [0.5, 0.6) is 0 Å². The van der Waals surface area contributed by atoms with Crippen LogP contribution in [0.4, 0.5) is 5.82 Å². The number of rotatable bonds is 6. The van der Waals surface area contributed by atoms with Crippen LogP contribution in [0.25, 0.3) is 0 Å². The van der Waals surface area contributed by atoms with Crippen molar-refractivity contribution in [3.63, 3.8) is 0 Å². The van der Waals surface area contributed by atoms with E-state index in [1.807, 2.05) is 6.07 Å². The van der Waals surface area contributed by atoms with E-state index in [-0.39, 0.29) is 0 Å². The lowest BCUT2D eigenvalue weighted by atomic mass is 9.83. The topological polar surface area (TPSA) is 37.8 Å². The summed E-state index contributed by atoms with van der Waals surface area (Å²) in [7, 11) is 0. The molecule has 0 spiro atoms. The molecule has 1 heterocycles. The van der Waals surface area contributed by atoms with Crippen molar-refractivity contribution < 1.29 is 0 Å². The second-order valence-electron chi connectivity index (χ2n) is 5.89. The molecule has 112 valence electrons. The van der Waals surface area contributed by atoms with Crippen LogP contribution in [-0.4, -0.2) is 16.0 Å². The lowest BCUT2D eigenvalue weighted by molar-refractivity contribution is 0.318. The van der Waals surface area contributed by atoms with Crippen LogP contribution >= 0.6 is 11.6 Å². The van der Waals surface area contributed by atoms with E-state index in [1.165, 1.54) is 38.5 Å². The molecule has 1 saturated carbocycles. The van der Waals surface area contributed by atoms with E-state index in [9.17, 15) is 0 Å². The Labute approximate surface area is 127 Å². The highest BCUT2D eigenvalue weighted by Crippen LogP contribution is 2.29. The molecule has 0 aromatic carbocycles. The molecule has 0 unspecified atom stereocenters. The van der Waals surface area contributed by atoms with E-state index < -0.39 is 0 Å². The van der Waals surface area contributed by atoms with E-state index in [2.05, 4.69) is 29.1 Å². The van der Waals surface area contributed by atoms with Gasteiger partial charge in [0, 0.05) is 18.5 Å². The quantitative estimate of drug-likeness (QED) is 0.762. The summed E-state index contributed by atoms with van der Waals surface area (Å²) >= 11 is 6.08. The highest BCUT2D eigenvalue weighted by Gasteiger charge is 2.20. The van der Waals surface area contributed by atoms with Crippen molar-refractivity contribution in [1.29, 1.82) is 0 Å². The molecule has 2 rings (SSSR count). The summed E-state index contributed by atoms with van der Waals surface area (Å²) in [6, 6.07) is 2.39. The second kappa shape index (κ2) is 7.82. The lowest BCUT2D eigenvalue weighted by Crippen LogP contribution is -2.26. The van der Waals surface area contributed by atoms with Crippen molar-refractivity contribution in [2.45, 2.75) is 71.3 Å². The number of anilines is 1. The van der Waals surface area contributed by atoms with Gasteiger partial charge < -0.3 is 5.32 Å². The molecule has 0 bridgehead atoms. The zero-order chi connectivity index (χ0) is 14.4. The van der Waals surface area contributed by atoms with Gasteiger partial charge in [0.15, 0.2) is 0 Å². The van der Waals surface area contributed by atoms with E-state index in [0.29, 0.717) is 11.2 Å². The molecule has 0 saturated heterocycles. The van der Waals surface area contributed by atoms with E-state index in [4.69, 9.17) is 11.6 Å². The molecule has 3 nitrogen and oxygen atoms in total. The Balaban J connectivity index is 1.90. The zero-order valence-corrected chi connectivity index (χ0v) is 13.4. The largest absolute Gasteiger partial charge is 0.367 e. The third-order valence-corrected chi connectivity index (χ3v) is 4.30. The number of halogens is 1. The molecule has 1 aliphatic rings. The standard InChI is InChI=1S/C16H26ClN3/c1-3-5-12-7-9-13(10-8-12)18-16-11-14(17)19-15(20-16)6-4-2/h11-13H,3-10H2,1-2H3,(H,18,19,20). The Morgan fingerprint density at radius 1 is 1.15 bits per heavy atom. The second-order valence-corrected chi connectivity index (χ2v) is 6.28. The summed E-state index contributed by atoms with van der Waals surface area (Å²) in [6.45, 7) is 4.41. The molecule has 0 radical (unpaired) electrons. The molecule has 0 aliphatic heterocycles. The molecular formula is C16H26ClN3. The van der Waals surface area contributed by atoms with Crippen LogP contribution in [0, 0.1) is 5.92 Å². The Morgan fingerprint density at radius 3 is 2.55 bits per heavy atom. The van der Waals surface area contributed by atoms with Gasteiger partial charge >= 0.3 is 0 Å². The minimum atomic E-state index is 0.545. The van der Waals surface area contributed by atoms with Gasteiger partial charge in [0.1, 0.15) is 16.8 Å². The summed E-state index contributed by atoms with van der Waals surface area (Å²) in [5.41, 5.74) is 0. The Kier molecular flexibility index (Phi) is 6.08. The van der Waals surface area contributed by atoms with Gasteiger partial charge in [-0.2, -0.15) is 0 Å². The third-order valence-electron chi connectivity index (χ3n) is 4.11. The summed E-state index contributed by atoms with van der Waals surface area (Å²) in [5.74, 6) is 2.68. The lowest BCUT2D eigenvalue weighted by Gasteiger charge is -2.29. The van der Waals surface area contributed by atoms with Gasteiger partial charge in [-0.3, -0.25) is 0 Å². The van der Waals surface area contributed by atoms with Crippen LogP contribution in [0.15, 0.2) is 6.07 Å². The van der Waals surface area contributed by atoms with Crippen molar-refractivity contribution in [1.82, 2.24) is 9.97 Å². The molecule has 1 fully saturated rings. The van der Waals surface area contributed by atoms with Crippen molar-refractivity contribution in [2.24, 2.45) is 5.92 Å². The molecule has 1 aromatic heterocycles. The maximum Gasteiger partial charge on any atom is 0.134 e. The zero-order valence-electron chi connectivity index (χ0n) is 12.7. The summed E-state index contributed by atoms with van der Waals surface area (Å²) < 4.78 is 0. The first-order chi connectivity index (χ1) is 9.71. The van der Waals surface area contributed by atoms with Gasteiger partial charge in [-0.25, -0.2) is 9.97 Å². The van der Waals surface area contributed by atoms with Crippen molar-refractivity contribution in [3.05, 3.63) is 17.0 Å². The van der Waals surface area contributed by atoms with Crippen LogP contribution in [0.1, 0.15) is 64.6 Å². The predicted octanol–water partition coefficient (Wildman–Crippen LogP) is 4.85. The highest BCUT2D eigenvalue weighted by atomic mass is 35.5. The van der Waals surface area contributed by atoms with E-state index in [1.54, 1.807) is 0 Å². The monoisotopic (exact) mass is 295 g/mol. The summed E-state index contributed by atoms with van der Waals surface area (Å²) in [4.78, 5) is 8.83. The minimum Gasteiger partial charge on any atom is -0.367 e. The molecule has 1 aromatic rings. The molecule has 1 aliphatic carbocycles. The Hall–Kier alpha value is -0.830. The fourth-order valence-corrected chi connectivity index (χ4v) is 3.29. The molecule has 1 N–H and O–H groups in total. The number of nitrogens with one attached hydrogen (secondary N) is 1. The van der Waals surface area contributed by atoms with Crippen LogP contribution < -0.4 is 5.32 Å². The molecule has 20 heavy (non-hydrogen) atoms. The number of nitrogens with zero attached hydrogens (tertiary/aromatic N) is 2. The predicted molar refractivity (Wildman–Crippen MR) is 85.3 cm³/mol. The van der Waals surface area contributed by atoms with E-state index >= 15 is 0 Å². The van der Waals surface area contributed by atoms with Crippen LogP contribution in [-0.2, 0) is 6.42 Å². The van der Waals surface area contributed by atoms with Gasteiger partial charge in [-0.1, -0.05) is 38.3 Å². The molecular weight excluding hydrogens is 270 g/mol. The maximum absolute atomic E-state index is 6.08. The van der Waals surface area contributed by atoms with Gasteiger partial charge in [0.25, 0.3) is 0 Å². The number of aryl methyl sites for hydroxylation is 1. The molecule has 4 heteroatoms. The average Bonchev–Trinajstić information content (AvgIpc) is 2.41. The summed E-state index contributed by atoms with van der Waals surface area (Å²) in [5, 5.41) is 4.09. The smallest absolute Gasteiger partial charge is 0.134 e. The normalized spacial score (nSPS) is 22.8. The van der Waals surface area contributed by atoms with E-state index in [0.717, 1.165) is 30.4 Å². The Bertz CT molecular complexity index is 414. The van der Waals surface area contributed by atoms with Crippen LogP contribution in [0.3, 0.4) is 0 Å². The summed E-state index contributed by atoms with van der Waals surface area (Å²) in [6.07, 6.45) is 9.79. The third kappa shape index (κ3) is 4.62. The Morgan fingerprint density at radius 2 is 1.90 bits per heavy atom. The fourth-order valence-electron chi connectivity index (χ4n) is 3.09. The molecule has 0 atom stereocenters. The SMILES string of the molecule is CCCc1nc(Cl)cc(NC2CCC(CCC)CC2)n1. The molecule has 0 amide bonds. The van der Waals surface area contributed by atoms with Crippen molar-refractivity contribution in [2.75, 3.05) is 5.32 Å². The number of hydrogen-bond donors (Lipinski definition) is 1. The minimum absolute atomic E-state index is 0.545. The highest BCUT2D eigenvalue weighted by molar-refractivity contribution is 6.29. The first-order valence-corrected chi connectivity index (χ1v) is 8.39. The van der Waals surface area contributed by atoms with Crippen LogP contribution in [0.2, 0.25) is 5.15 Å². The van der Waals surface area contributed by atoms with Gasteiger partial charge in [-0.15, -0.1) is 0 Å². The fraction of sp³-hybridized carbons (Fsp3) is 0.750. The van der Waals surface area contributed by atoms with Gasteiger partial charge in [0.2, 0.25) is 0 Å². The van der Waals surface area contributed by atoms with Crippen molar-refractivity contribution >= 4 is 17.4 Å². The van der Waals surface area contributed by atoms with Gasteiger partial charge in [0.05, 0.1) is 0 Å².